The van der Waals surface area contributed by atoms with Crippen LogP contribution in [0.5, 0.6) is 0 Å². The average molecular weight is 558 g/mol. The van der Waals surface area contributed by atoms with Crippen molar-refractivity contribution in [3.63, 3.8) is 0 Å². The molecule has 32 heavy (non-hydrogen) atoms. The molecular formula is C24H40IN5O2. The van der Waals surface area contributed by atoms with Crippen LogP contribution in [0.15, 0.2) is 29.3 Å². The molecule has 0 bridgehead atoms. The zero-order valence-corrected chi connectivity index (χ0v) is 22.1. The molecule has 2 heterocycles. The molecule has 0 aliphatic carbocycles. The van der Waals surface area contributed by atoms with Crippen LogP contribution in [0.2, 0.25) is 0 Å². The lowest BCUT2D eigenvalue weighted by molar-refractivity contribution is 0.0963. The van der Waals surface area contributed by atoms with Gasteiger partial charge in [-0.05, 0) is 62.7 Å². The first-order chi connectivity index (χ1) is 15.1. The lowest BCUT2D eigenvalue weighted by Gasteiger charge is -2.32. The minimum Gasteiger partial charge on any atom is -0.450 e. The molecule has 3 rings (SSSR count). The molecule has 2 aliphatic heterocycles. The van der Waals surface area contributed by atoms with Gasteiger partial charge in [0, 0.05) is 39.3 Å². The minimum absolute atomic E-state index is 0. The van der Waals surface area contributed by atoms with E-state index < -0.39 is 0 Å². The van der Waals surface area contributed by atoms with Gasteiger partial charge in [-0.1, -0.05) is 31.2 Å². The van der Waals surface area contributed by atoms with E-state index in [1.165, 1.54) is 37.1 Å². The average Bonchev–Trinajstić information content (AvgIpc) is 2.79. The Morgan fingerprint density at radius 3 is 2.28 bits per heavy atom. The van der Waals surface area contributed by atoms with Crippen molar-refractivity contribution >= 4 is 36.0 Å². The number of ether oxygens (including phenoxy) is 1. The zero-order chi connectivity index (χ0) is 22.1. The number of amides is 1. The summed E-state index contributed by atoms with van der Waals surface area (Å²) >= 11 is 0. The molecule has 0 aromatic heterocycles. The molecule has 0 saturated carbocycles. The highest BCUT2D eigenvalue weighted by molar-refractivity contribution is 14.0. The Hall–Kier alpha value is -1.55. The maximum Gasteiger partial charge on any atom is 0.409 e. The monoisotopic (exact) mass is 557 g/mol. The number of rotatable bonds is 6. The molecule has 0 unspecified atom stereocenters. The van der Waals surface area contributed by atoms with Crippen molar-refractivity contribution in [1.82, 2.24) is 20.4 Å². The van der Waals surface area contributed by atoms with Gasteiger partial charge >= 0.3 is 6.09 Å². The Labute approximate surface area is 210 Å². The van der Waals surface area contributed by atoms with Crippen molar-refractivity contribution in [3.8, 4) is 0 Å². The third-order valence-corrected chi connectivity index (χ3v) is 6.35. The topological polar surface area (TPSA) is 69.2 Å². The largest absolute Gasteiger partial charge is 0.450 e. The Kier molecular flexibility index (Phi) is 11.6. The Bertz CT molecular complexity index is 712. The minimum atomic E-state index is -0.207. The Morgan fingerprint density at radius 1 is 1.06 bits per heavy atom. The number of halogens is 1. The highest BCUT2D eigenvalue weighted by Gasteiger charge is 2.24. The summed E-state index contributed by atoms with van der Waals surface area (Å²) in [5.74, 6) is 1.68. The van der Waals surface area contributed by atoms with E-state index in [9.17, 15) is 4.79 Å². The summed E-state index contributed by atoms with van der Waals surface area (Å²) in [5.41, 5.74) is 2.63. The van der Waals surface area contributed by atoms with Crippen LogP contribution in [0.25, 0.3) is 0 Å². The van der Waals surface area contributed by atoms with Crippen LogP contribution in [0.3, 0.4) is 0 Å². The van der Waals surface area contributed by atoms with E-state index in [4.69, 9.17) is 4.74 Å². The maximum absolute atomic E-state index is 11.8. The van der Waals surface area contributed by atoms with Crippen LogP contribution < -0.4 is 10.6 Å². The molecule has 180 valence electrons. The lowest BCUT2D eigenvalue weighted by Crippen LogP contribution is -2.49. The highest BCUT2D eigenvalue weighted by atomic mass is 127. The molecule has 1 aromatic carbocycles. The first-order valence-electron chi connectivity index (χ1n) is 11.8. The highest BCUT2D eigenvalue weighted by Crippen LogP contribution is 2.18. The molecule has 0 radical (unpaired) electrons. The molecule has 1 aromatic rings. The fourth-order valence-electron chi connectivity index (χ4n) is 4.24. The van der Waals surface area contributed by atoms with E-state index in [2.05, 4.69) is 51.7 Å². The molecule has 2 aliphatic rings. The number of benzene rings is 1. The quantitative estimate of drug-likeness (QED) is 0.316. The van der Waals surface area contributed by atoms with Gasteiger partial charge in [0.15, 0.2) is 5.96 Å². The second-order valence-electron chi connectivity index (χ2n) is 8.81. The molecule has 1 amide bonds. The summed E-state index contributed by atoms with van der Waals surface area (Å²) in [6, 6.07) is 9.22. The van der Waals surface area contributed by atoms with Crippen LogP contribution >= 0.6 is 24.0 Å². The predicted molar refractivity (Wildman–Crippen MR) is 140 cm³/mol. The molecule has 0 atom stereocenters. The van der Waals surface area contributed by atoms with Gasteiger partial charge in [-0.15, -0.1) is 24.0 Å². The zero-order valence-electron chi connectivity index (χ0n) is 19.8. The van der Waals surface area contributed by atoms with Gasteiger partial charge in [-0.25, -0.2) is 4.79 Å². The second-order valence-corrected chi connectivity index (χ2v) is 8.81. The summed E-state index contributed by atoms with van der Waals surface area (Å²) in [7, 11) is 1.80. The number of nitrogens with zero attached hydrogens (tertiary/aromatic N) is 3. The normalized spacial score (nSPS) is 18.7. The van der Waals surface area contributed by atoms with Gasteiger partial charge in [0.1, 0.15) is 0 Å². The number of hydrogen-bond donors (Lipinski definition) is 2. The number of piperidine rings is 2. The molecule has 7 nitrogen and oxygen atoms in total. The van der Waals surface area contributed by atoms with Gasteiger partial charge in [0.25, 0.3) is 0 Å². The van der Waals surface area contributed by atoms with Crippen LogP contribution in [-0.4, -0.2) is 67.7 Å². The van der Waals surface area contributed by atoms with E-state index in [0.29, 0.717) is 25.7 Å². The SMILES string of the molecule is CCOC(=O)N1CCC(NC(=NC)NCc2ccc(CN3CCC(C)CC3)cc2)CC1.I. The van der Waals surface area contributed by atoms with E-state index in [-0.39, 0.29) is 30.1 Å². The smallest absolute Gasteiger partial charge is 0.409 e. The van der Waals surface area contributed by atoms with Gasteiger partial charge in [0.2, 0.25) is 0 Å². The number of likely N-dealkylation sites (tertiary alicyclic amines) is 2. The lowest BCUT2D eigenvalue weighted by atomic mass is 9.99. The molecule has 2 saturated heterocycles. The van der Waals surface area contributed by atoms with Crippen LogP contribution in [0.1, 0.15) is 50.7 Å². The number of carbonyl (C=O) groups excluding carboxylic acids is 1. The van der Waals surface area contributed by atoms with Crippen LogP contribution in [0, 0.1) is 5.92 Å². The fraction of sp³-hybridized carbons (Fsp3) is 0.667. The molecule has 2 fully saturated rings. The third kappa shape index (κ3) is 8.42. The standard InChI is InChI=1S/C24H39N5O2.HI/c1-4-31-24(30)29-15-11-22(12-16-29)27-23(25-3)26-17-20-5-7-21(8-6-20)18-28-13-9-19(2)10-14-28;/h5-8,19,22H,4,9-18H2,1-3H3,(H2,25,26,27);1H. The summed E-state index contributed by atoms with van der Waals surface area (Å²) in [5, 5.41) is 6.91. The third-order valence-electron chi connectivity index (χ3n) is 6.35. The number of hydrogen-bond acceptors (Lipinski definition) is 4. The van der Waals surface area contributed by atoms with Crippen LogP contribution in [0.4, 0.5) is 4.79 Å². The van der Waals surface area contributed by atoms with E-state index in [0.717, 1.165) is 37.8 Å². The van der Waals surface area contributed by atoms with Crippen molar-refractivity contribution in [2.75, 3.05) is 39.8 Å². The molecule has 0 spiro atoms. The summed E-state index contributed by atoms with van der Waals surface area (Å²) in [6.45, 7) is 10.3. The second kappa shape index (κ2) is 13.9. The summed E-state index contributed by atoms with van der Waals surface area (Å²) in [4.78, 5) is 20.5. The number of aliphatic imine (C=N–C) groups is 1. The van der Waals surface area contributed by atoms with Gasteiger partial charge < -0.3 is 20.3 Å². The fourth-order valence-corrected chi connectivity index (χ4v) is 4.24. The first-order valence-corrected chi connectivity index (χ1v) is 11.8. The van der Waals surface area contributed by atoms with Gasteiger partial charge in [-0.3, -0.25) is 9.89 Å². The van der Waals surface area contributed by atoms with Crippen molar-refractivity contribution in [3.05, 3.63) is 35.4 Å². The van der Waals surface area contributed by atoms with Crippen molar-refractivity contribution in [1.29, 1.82) is 0 Å². The first kappa shape index (κ1) is 26.7. The molecular weight excluding hydrogens is 517 g/mol. The van der Waals surface area contributed by atoms with E-state index in [1.54, 1.807) is 11.9 Å². The van der Waals surface area contributed by atoms with E-state index >= 15 is 0 Å². The maximum atomic E-state index is 11.8. The van der Waals surface area contributed by atoms with Gasteiger partial charge in [0.05, 0.1) is 6.61 Å². The number of nitrogens with one attached hydrogen (secondary N) is 2. The Morgan fingerprint density at radius 2 is 1.69 bits per heavy atom. The van der Waals surface area contributed by atoms with Crippen molar-refractivity contribution in [2.24, 2.45) is 10.9 Å². The predicted octanol–water partition coefficient (Wildman–Crippen LogP) is 3.82. The van der Waals surface area contributed by atoms with Gasteiger partial charge in [-0.2, -0.15) is 0 Å². The van der Waals surface area contributed by atoms with Crippen molar-refractivity contribution in [2.45, 2.75) is 58.7 Å². The van der Waals surface area contributed by atoms with E-state index in [1.807, 2.05) is 6.92 Å². The van der Waals surface area contributed by atoms with Crippen molar-refractivity contribution < 1.29 is 9.53 Å². The molecule has 2 N–H and O–H groups in total. The van der Waals surface area contributed by atoms with Crippen LogP contribution in [-0.2, 0) is 17.8 Å². The Balaban J connectivity index is 0.00000363. The summed E-state index contributed by atoms with van der Waals surface area (Å²) < 4.78 is 5.09. The number of guanidine groups is 1. The summed E-state index contributed by atoms with van der Waals surface area (Å²) in [6.07, 6.45) is 4.21. The number of carbonyl (C=O) groups is 1. The molecule has 8 heteroatoms.